The molecule has 0 aliphatic carbocycles. The van der Waals surface area contributed by atoms with Gasteiger partial charge in [0.05, 0.1) is 17.8 Å². The fourth-order valence-corrected chi connectivity index (χ4v) is 2.50. The Morgan fingerprint density at radius 2 is 2.29 bits per heavy atom. The fraction of sp³-hybridized carbons (Fsp3) is 0.583. The number of nitrogens with zero attached hydrogens (tertiary/aromatic N) is 5. The average Bonchev–Trinajstić information content (AvgIpc) is 2.95. The molecule has 3 rings (SSSR count). The van der Waals surface area contributed by atoms with Gasteiger partial charge in [0.15, 0.2) is 0 Å². The lowest BCUT2D eigenvalue weighted by atomic mass is 10.2. The van der Waals surface area contributed by atoms with Crippen LogP contribution in [0.2, 0.25) is 0 Å². The molecule has 0 bridgehead atoms. The summed E-state index contributed by atoms with van der Waals surface area (Å²) in [6, 6.07) is 3.05. The first kappa shape index (κ1) is 10.7. The molecule has 5 heteroatoms. The van der Waals surface area contributed by atoms with Crippen LogP contribution in [0, 0.1) is 0 Å². The molecule has 1 aliphatic rings. The number of hydrogen-bond donors (Lipinski definition) is 0. The lowest BCUT2D eigenvalue weighted by Crippen LogP contribution is -2.28. The van der Waals surface area contributed by atoms with Gasteiger partial charge >= 0.3 is 0 Å². The van der Waals surface area contributed by atoms with Crippen molar-refractivity contribution in [3.05, 3.63) is 18.5 Å². The quantitative estimate of drug-likeness (QED) is 0.785. The highest BCUT2D eigenvalue weighted by molar-refractivity contribution is 5.72. The molecule has 1 aliphatic heterocycles. The van der Waals surface area contributed by atoms with Crippen LogP contribution < -0.4 is 0 Å². The SMILES string of the molecule is CC(C)N1CCC(n2nnc3cnccc32)C1. The van der Waals surface area contributed by atoms with Crippen molar-refractivity contribution in [1.29, 1.82) is 0 Å². The van der Waals surface area contributed by atoms with E-state index in [1.165, 1.54) is 0 Å². The van der Waals surface area contributed by atoms with Crippen molar-refractivity contribution in [2.45, 2.75) is 32.4 Å². The third kappa shape index (κ3) is 1.80. The van der Waals surface area contributed by atoms with Crippen LogP contribution >= 0.6 is 0 Å². The molecule has 3 heterocycles. The molecule has 0 saturated carbocycles. The fourth-order valence-electron chi connectivity index (χ4n) is 2.50. The van der Waals surface area contributed by atoms with E-state index in [1.54, 1.807) is 12.4 Å². The Balaban J connectivity index is 1.90. The molecule has 90 valence electrons. The van der Waals surface area contributed by atoms with Crippen molar-refractivity contribution in [1.82, 2.24) is 24.9 Å². The highest BCUT2D eigenvalue weighted by Crippen LogP contribution is 2.25. The van der Waals surface area contributed by atoms with E-state index in [2.05, 4.69) is 38.7 Å². The normalized spacial score (nSPS) is 21.7. The summed E-state index contributed by atoms with van der Waals surface area (Å²) in [6.45, 7) is 6.70. The maximum absolute atomic E-state index is 4.27. The maximum atomic E-state index is 4.27. The molecule has 5 nitrogen and oxygen atoms in total. The lowest BCUT2D eigenvalue weighted by Gasteiger charge is -2.20. The van der Waals surface area contributed by atoms with Crippen LogP contribution in [0.5, 0.6) is 0 Å². The minimum atomic E-state index is 0.449. The number of hydrogen-bond acceptors (Lipinski definition) is 4. The first-order valence-electron chi connectivity index (χ1n) is 6.14. The minimum absolute atomic E-state index is 0.449. The largest absolute Gasteiger partial charge is 0.299 e. The van der Waals surface area contributed by atoms with Gasteiger partial charge in [0.2, 0.25) is 0 Å². The standard InChI is InChI=1S/C12H17N5/c1-9(2)16-6-4-10(8-16)17-12-3-5-13-7-11(12)14-15-17/h3,5,7,9-10H,4,6,8H2,1-2H3. The van der Waals surface area contributed by atoms with Crippen molar-refractivity contribution < 1.29 is 0 Å². The Morgan fingerprint density at radius 1 is 1.41 bits per heavy atom. The molecular weight excluding hydrogens is 214 g/mol. The highest BCUT2D eigenvalue weighted by Gasteiger charge is 2.27. The second-order valence-corrected chi connectivity index (χ2v) is 4.93. The monoisotopic (exact) mass is 231 g/mol. The van der Waals surface area contributed by atoms with Gasteiger partial charge in [-0.05, 0) is 26.3 Å². The molecule has 1 fully saturated rings. The average molecular weight is 231 g/mol. The molecule has 1 atom stereocenters. The molecule has 2 aromatic rings. The maximum Gasteiger partial charge on any atom is 0.131 e. The van der Waals surface area contributed by atoms with Gasteiger partial charge in [-0.25, -0.2) is 4.68 Å². The second kappa shape index (κ2) is 4.07. The molecule has 0 amide bonds. The van der Waals surface area contributed by atoms with Crippen molar-refractivity contribution in [3.63, 3.8) is 0 Å². The summed E-state index contributed by atoms with van der Waals surface area (Å²) in [5.74, 6) is 0. The zero-order chi connectivity index (χ0) is 11.8. The Hall–Kier alpha value is -1.49. The summed E-state index contributed by atoms with van der Waals surface area (Å²) in [7, 11) is 0. The van der Waals surface area contributed by atoms with Gasteiger partial charge in [0.1, 0.15) is 5.52 Å². The van der Waals surface area contributed by atoms with Crippen LogP contribution in [0.3, 0.4) is 0 Å². The highest BCUT2D eigenvalue weighted by atomic mass is 15.5. The number of fused-ring (bicyclic) bond motifs is 1. The summed E-state index contributed by atoms with van der Waals surface area (Å²) in [4.78, 5) is 6.56. The van der Waals surface area contributed by atoms with Crippen molar-refractivity contribution in [2.75, 3.05) is 13.1 Å². The summed E-state index contributed by atoms with van der Waals surface area (Å²) >= 11 is 0. The van der Waals surface area contributed by atoms with Gasteiger partial charge in [-0.3, -0.25) is 9.88 Å². The van der Waals surface area contributed by atoms with E-state index < -0.39 is 0 Å². The Labute approximate surface area is 100 Å². The first-order chi connectivity index (χ1) is 8.25. The summed E-state index contributed by atoms with van der Waals surface area (Å²) in [5, 5.41) is 8.44. The molecule has 1 unspecified atom stereocenters. The van der Waals surface area contributed by atoms with Gasteiger partial charge in [-0.1, -0.05) is 5.21 Å². The van der Waals surface area contributed by atoms with E-state index in [0.717, 1.165) is 30.5 Å². The van der Waals surface area contributed by atoms with E-state index >= 15 is 0 Å². The van der Waals surface area contributed by atoms with Gasteiger partial charge in [-0.15, -0.1) is 5.10 Å². The van der Waals surface area contributed by atoms with E-state index in [1.807, 2.05) is 6.07 Å². The topological polar surface area (TPSA) is 46.8 Å². The van der Waals surface area contributed by atoms with Gasteiger partial charge in [-0.2, -0.15) is 0 Å². The molecule has 0 N–H and O–H groups in total. The van der Waals surface area contributed by atoms with Crippen LogP contribution in [0.1, 0.15) is 26.3 Å². The van der Waals surface area contributed by atoms with E-state index in [9.17, 15) is 0 Å². The van der Waals surface area contributed by atoms with Crippen LogP contribution in [-0.4, -0.2) is 44.0 Å². The summed E-state index contributed by atoms with van der Waals surface area (Å²) in [5.41, 5.74) is 1.98. The number of rotatable bonds is 2. The number of likely N-dealkylation sites (tertiary alicyclic amines) is 1. The van der Waals surface area contributed by atoms with Crippen LogP contribution in [0.4, 0.5) is 0 Å². The third-order valence-electron chi connectivity index (χ3n) is 3.54. The van der Waals surface area contributed by atoms with Crippen LogP contribution in [-0.2, 0) is 0 Å². The van der Waals surface area contributed by atoms with Crippen molar-refractivity contribution >= 4 is 11.0 Å². The predicted octanol–water partition coefficient (Wildman–Crippen LogP) is 1.48. The Bertz CT molecular complexity index is 518. The molecule has 17 heavy (non-hydrogen) atoms. The van der Waals surface area contributed by atoms with Crippen molar-refractivity contribution in [3.8, 4) is 0 Å². The summed E-state index contributed by atoms with van der Waals surface area (Å²) in [6.07, 6.45) is 4.73. The smallest absolute Gasteiger partial charge is 0.131 e. The van der Waals surface area contributed by atoms with Crippen molar-refractivity contribution in [2.24, 2.45) is 0 Å². The molecule has 2 aromatic heterocycles. The van der Waals surface area contributed by atoms with Gasteiger partial charge < -0.3 is 0 Å². The van der Waals surface area contributed by atoms with Gasteiger partial charge in [0, 0.05) is 25.3 Å². The van der Waals surface area contributed by atoms with E-state index in [4.69, 9.17) is 0 Å². The minimum Gasteiger partial charge on any atom is -0.299 e. The second-order valence-electron chi connectivity index (χ2n) is 4.93. The van der Waals surface area contributed by atoms with E-state index in [-0.39, 0.29) is 0 Å². The Kier molecular flexibility index (Phi) is 2.55. The molecule has 0 aromatic carbocycles. The molecule has 0 spiro atoms. The van der Waals surface area contributed by atoms with Crippen LogP contribution in [0.25, 0.3) is 11.0 Å². The number of aromatic nitrogens is 4. The van der Waals surface area contributed by atoms with Crippen LogP contribution in [0.15, 0.2) is 18.5 Å². The van der Waals surface area contributed by atoms with Gasteiger partial charge in [0.25, 0.3) is 0 Å². The zero-order valence-corrected chi connectivity index (χ0v) is 10.2. The number of pyridine rings is 1. The Morgan fingerprint density at radius 3 is 3.06 bits per heavy atom. The molecular formula is C12H17N5. The lowest BCUT2D eigenvalue weighted by molar-refractivity contribution is 0.263. The summed E-state index contributed by atoms with van der Waals surface area (Å²) < 4.78 is 2.05. The molecule has 1 saturated heterocycles. The first-order valence-corrected chi connectivity index (χ1v) is 6.14. The molecule has 0 radical (unpaired) electrons. The predicted molar refractivity (Wildman–Crippen MR) is 65.7 cm³/mol. The zero-order valence-electron chi connectivity index (χ0n) is 10.2. The van der Waals surface area contributed by atoms with E-state index in [0.29, 0.717) is 12.1 Å². The third-order valence-corrected chi connectivity index (χ3v) is 3.54.